The van der Waals surface area contributed by atoms with Gasteiger partial charge in [0.2, 0.25) is 0 Å². The van der Waals surface area contributed by atoms with Gasteiger partial charge in [0.15, 0.2) is 10.1 Å². The SMILES string of the molecule is O=C(OCc1cc(I)cc(I)c1I)C(F)(F)S(=O)(=O)[O-]. The van der Waals surface area contributed by atoms with Crippen LogP contribution >= 0.6 is 67.8 Å². The Labute approximate surface area is 154 Å². The molecule has 0 atom stereocenters. The molecule has 20 heavy (non-hydrogen) atoms. The third-order valence-electron chi connectivity index (χ3n) is 1.98. The highest BCUT2D eigenvalue weighted by molar-refractivity contribution is 14.1. The van der Waals surface area contributed by atoms with Crippen molar-refractivity contribution in [1.29, 1.82) is 0 Å². The Morgan fingerprint density at radius 2 is 1.85 bits per heavy atom. The van der Waals surface area contributed by atoms with Crippen LogP contribution in [0.4, 0.5) is 8.78 Å². The van der Waals surface area contributed by atoms with Gasteiger partial charge in [-0.05, 0) is 79.9 Å². The van der Waals surface area contributed by atoms with Crippen LogP contribution < -0.4 is 0 Å². The molecule has 1 aromatic carbocycles. The fourth-order valence-corrected chi connectivity index (χ4v) is 3.74. The first-order valence-corrected chi connectivity index (χ1v) is 9.25. The monoisotopic (exact) mass is 643 g/mol. The molecule has 0 amide bonds. The molecule has 1 rings (SSSR count). The minimum absolute atomic E-state index is 0.439. The van der Waals surface area contributed by atoms with Gasteiger partial charge >= 0.3 is 11.2 Å². The number of carbonyl (C=O) groups excluding carboxylic acids is 1. The number of carbonyl (C=O) groups is 1. The average molecular weight is 643 g/mol. The number of benzene rings is 1. The maximum atomic E-state index is 12.9. The third kappa shape index (κ3) is 4.33. The van der Waals surface area contributed by atoms with Crippen molar-refractivity contribution in [2.45, 2.75) is 11.9 Å². The molecule has 0 N–H and O–H groups in total. The molecule has 0 heterocycles. The number of hydrogen-bond acceptors (Lipinski definition) is 5. The number of halogens is 5. The number of ether oxygens (including phenoxy) is 1. The predicted molar refractivity (Wildman–Crippen MR) is 89.0 cm³/mol. The molecule has 112 valence electrons. The molecule has 0 aliphatic carbocycles. The van der Waals surface area contributed by atoms with Gasteiger partial charge in [0, 0.05) is 16.3 Å². The van der Waals surface area contributed by atoms with Crippen molar-refractivity contribution in [3.63, 3.8) is 0 Å². The first-order chi connectivity index (χ1) is 8.96. The van der Waals surface area contributed by atoms with Crippen molar-refractivity contribution in [2.24, 2.45) is 0 Å². The predicted octanol–water partition coefficient (Wildman–Crippen LogP) is 2.68. The highest BCUT2D eigenvalue weighted by Crippen LogP contribution is 2.26. The first kappa shape index (κ1) is 18.7. The van der Waals surface area contributed by atoms with E-state index >= 15 is 0 Å². The fourth-order valence-electron chi connectivity index (χ4n) is 1.04. The number of esters is 1. The van der Waals surface area contributed by atoms with Crippen molar-refractivity contribution in [1.82, 2.24) is 0 Å². The van der Waals surface area contributed by atoms with Crippen LogP contribution in [0.3, 0.4) is 0 Å². The number of hydrogen-bond donors (Lipinski definition) is 0. The highest BCUT2D eigenvalue weighted by Gasteiger charge is 2.48. The summed E-state index contributed by atoms with van der Waals surface area (Å²) >= 11 is 5.94. The van der Waals surface area contributed by atoms with Crippen LogP contribution in [0.25, 0.3) is 0 Å². The van der Waals surface area contributed by atoms with Crippen LogP contribution in [0.2, 0.25) is 0 Å². The van der Waals surface area contributed by atoms with Crippen molar-refractivity contribution >= 4 is 83.9 Å². The highest BCUT2D eigenvalue weighted by atomic mass is 127. The molecule has 0 fully saturated rings. The summed E-state index contributed by atoms with van der Waals surface area (Å²) in [7, 11) is -6.10. The van der Waals surface area contributed by atoms with Gasteiger partial charge in [0.25, 0.3) is 0 Å². The number of alkyl halides is 2. The standard InChI is InChI=1S/C9H5F2I3O5S/c10-9(11,20(16,17)18)8(15)19-3-4-1-5(12)2-6(13)7(4)14/h1-2H,3H2,(H,16,17,18)/p-1. The second-order valence-electron chi connectivity index (χ2n) is 3.41. The maximum absolute atomic E-state index is 12.9. The van der Waals surface area contributed by atoms with E-state index in [1.54, 1.807) is 6.07 Å². The summed E-state index contributed by atoms with van der Waals surface area (Å²) in [4.78, 5) is 11.0. The molecule has 0 saturated heterocycles. The Balaban J connectivity index is 2.91. The molecule has 0 aliphatic heterocycles. The molecule has 0 unspecified atom stereocenters. The Hall–Kier alpha value is 0.650. The molecular weight excluding hydrogens is 639 g/mol. The zero-order valence-corrected chi connectivity index (χ0v) is 16.5. The second kappa shape index (κ2) is 6.82. The summed E-state index contributed by atoms with van der Waals surface area (Å²) < 4.78 is 63.2. The van der Waals surface area contributed by atoms with Crippen molar-refractivity contribution in [3.05, 3.63) is 28.4 Å². The van der Waals surface area contributed by atoms with Crippen LogP contribution in [0.1, 0.15) is 5.56 Å². The molecule has 0 aliphatic rings. The molecule has 5 nitrogen and oxygen atoms in total. The van der Waals surface area contributed by atoms with Crippen molar-refractivity contribution in [3.8, 4) is 0 Å². The molecule has 0 bridgehead atoms. The van der Waals surface area contributed by atoms with Gasteiger partial charge in [-0.3, -0.25) is 0 Å². The molecule has 0 aromatic heterocycles. The maximum Gasteiger partial charge on any atom is 0.428 e. The van der Waals surface area contributed by atoms with Crippen LogP contribution in [0, 0.1) is 10.7 Å². The lowest BCUT2D eigenvalue weighted by atomic mass is 10.2. The first-order valence-electron chi connectivity index (χ1n) is 4.60. The van der Waals surface area contributed by atoms with E-state index in [1.807, 2.05) is 73.8 Å². The van der Waals surface area contributed by atoms with Crippen LogP contribution in [0.5, 0.6) is 0 Å². The van der Waals surface area contributed by atoms with Crippen LogP contribution in [-0.2, 0) is 26.3 Å². The van der Waals surface area contributed by atoms with E-state index in [4.69, 9.17) is 0 Å². The molecule has 1 aromatic rings. The Kier molecular flexibility index (Phi) is 6.38. The Morgan fingerprint density at radius 3 is 2.35 bits per heavy atom. The topological polar surface area (TPSA) is 83.5 Å². The molecular formula is C9H4F2I3O5S-. The second-order valence-corrected chi connectivity index (χ2v) is 8.32. The van der Waals surface area contributed by atoms with Gasteiger partial charge in [0.1, 0.15) is 6.61 Å². The number of rotatable bonds is 4. The average Bonchev–Trinajstić information content (AvgIpc) is 2.29. The van der Waals surface area contributed by atoms with Gasteiger partial charge in [0.05, 0.1) is 0 Å². The lowest BCUT2D eigenvalue weighted by Gasteiger charge is -2.18. The fraction of sp³-hybridized carbons (Fsp3) is 0.222. The van der Waals surface area contributed by atoms with Crippen molar-refractivity contribution < 1.29 is 31.3 Å². The lowest BCUT2D eigenvalue weighted by Crippen LogP contribution is -2.39. The van der Waals surface area contributed by atoms with E-state index < -0.39 is 27.9 Å². The third-order valence-corrected chi connectivity index (χ3v) is 6.55. The summed E-state index contributed by atoms with van der Waals surface area (Å²) in [6.07, 6.45) is 0. The largest absolute Gasteiger partial charge is 0.743 e. The minimum atomic E-state index is -6.10. The molecule has 11 heteroatoms. The zero-order valence-electron chi connectivity index (χ0n) is 9.20. The summed E-state index contributed by atoms with van der Waals surface area (Å²) in [6.45, 7) is -0.547. The quantitative estimate of drug-likeness (QED) is 0.218. The van der Waals surface area contributed by atoms with Crippen LogP contribution in [-0.4, -0.2) is 24.2 Å². The molecule has 0 spiro atoms. The van der Waals surface area contributed by atoms with Gasteiger partial charge in [-0.15, -0.1) is 0 Å². The van der Waals surface area contributed by atoms with Gasteiger partial charge < -0.3 is 9.29 Å². The van der Waals surface area contributed by atoms with Gasteiger partial charge in [-0.25, -0.2) is 13.2 Å². The Morgan fingerprint density at radius 1 is 1.30 bits per heavy atom. The van der Waals surface area contributed by atoms with E-state index in [1.165, 1.54) is 0 Å². The van der Waals surface area contributed by atoms with E-state index in [9.17, 15) is 26.5 Å². The lowest BCUT2D eigenvalue weighted by molar-refractivity contribution is -0.162. The van der Waals surface area contributed by atoms with Crippen LogP contribution in [0.15, 0.2) is 12.1 Å². The van der Waals surface area contributed by atoms with Crippen molar-refractivity contribution in [2.75, 3.05) is 0 Å². The van der Waals surface area contributed by atoms with Gasteiger partial charge in [-0.2, -0.15) is 8.78 Å². The summed E-state index contributed by atoms with van der Waals surface area (Å²) in [5.74, 6) is -2.38. The van der Waals surface area contributed by atoms with E-state index in [0.29, 0.717) is 9.13 Å². The molecule has 0 radical (unpaired) electrons. The normalized spacial score (nSPS) is 12.3. The molecule has 0 saturated carbocycles. The van der Waals surface area contributed by atoms with E-state index in [0.717, 1.165) is 7.14 Å². The van der Waals surface area contributed by atoms with E-state index in [-0.39, 0.29) is 0 Å². The summed E-state index contributed by atoms with van der Waals surface area (Å²) in [6, 6.07) is 3.42. The summed E-state index contributed by atoms with van der Waals surface area (Å²) in [5.41, 5.74) is 0.439. The van der Waals surface area contributed by atoms with E-state index in [2.05, 4.69) is 4.74 Å². The Bertz CT molecular complexity index is 647. The minimum Gasteiger partial charge on any atom is -0.743 e. The van der Waals surface area contributed by atoms with Gasteiger partial charge in [-0.1, -0.05) is 0 Å². The summed E-state index contributed by atoms with van der Waals surface area (Å²) in [5, 5.41) is -5.09. The zero-order chi connectivity index (χ0) is 15.7. The smallest absolute Gasteiger partial charge is 0.428 e.